The maximum atomic E-state index is 12.9. The molecule has 0 aromatic heterocycles. The number of aliphatic hydroxyl groups excluding tert-OH is 1. The number of carbonyl (C=O) groups excluding carboxylic acids is 2. The van der Waals surface area contributed by atoms with Crippen molar-refractivity contribution in [2.24, 2.45) is 0 Å². The summed E-state index contributed by atoms with van der Waals surface area (Å²) in [5, 5.41) is 11.6. The van der Waals surface area contributed by atoms with E-state index in [2.05, 4.69) is 0 Å². The molecule has 0 aliphatic carbocycles. The van der Waals surface area contributed by atoms with Crippen molar-refractivity contribution in [3.63, 3.8) is 0 Å². The van der Waals surface area contributed by atoms with Gasteiger partial charge in [0.2, 0.25) is 0 Å². The minimum atomic E-state index is -0.702. The molecule has 1 aliphatic heterocycles. The molecular weight excluding hydrogens is 378 g/mol. The SMILES string of the molecule is COCCN1C(=O)C(=O)C(=C(O)c2cc(C)ccc2C)C1c1ccc(Cl)cc1. The number of benzene rings is 2. The van der Waals surface area contributed by atoms with E-state index in [9.17, 15) is 14.7 Å². The van der Waals surface area contributed by atoms with Crippen molar-refractivity contribution in [3.05, 3.63) is 75.3 Å². The van der Waals surface area contributed by atoms with Gasteiger partial charge in [-0.25, -0.2) is 0 Å². The Morgan fingerprint density at radius 3 is 2.46 bits per heavy atom. The van der Waals surface area contributed by atoms with Gasteiger partial charge >= 0.3 is 0 Å². The Morgan fingerprint density at radius 1 is 1.14 bits per heavy atom. The first kappa shape index (κ1) is 20.1. The number of ketones is 1. The summed E-state index contributed by atoms with van der Waals surface area (Å²) in [5.74, 6) is -1.52. The molecule has 0 spiro atoms. The molecule has 3 rings (SSSR count). The maximum absolute atomic E-state index is 12.9. The van der Waals surface area contributed by atoms with Crippen molar-refractivity contribution in [2.75, 3.05) is 20.3 Å². The molecule has 1 amide bonds. The highest BCUT2D eigenvalue weighted by molar-refractivity contribution is 6.46. The van der Waals surface area contributed by atoms with Crippen LogP contribution in [0.5, 0.6) is 0 Å². The van der Waals surface area contributed by atoms with Crippen molar-refractivity contribution < 1.29 is 19.4 Å². The number of Topliss-reactive ketones (excluding diaryl/α,β-unsaturated/α-hetero) is 1. The monoisotopic (exact) mass is 399 g/mol. The van der Waals surface area contributed by atoms with Crippen LogP contribution in [0, 0.1) is 13.8 Å². The lowest BCUT2D eigenvalue weighted by Gasteiger charge is -2.25. The van der Waals surface area contributed by atoms with E-state index in [-0.39, 0.29) is 24.5 Å². The highest BCUT2D eigenvalue weighted by Gasteiger charge is 2.45. The summed E-state index contributed by atoms with van der Waals surface area (Å²) in [7, 11) is 1.53. The van der Waals surface area contributed by atoms with E-state index in [1.165, 1.54) is 12.0 Å². The largest absolute Gasteiger partial charge is 0.507 e. The number of likely N-dealkylation sites (tertiary alicyclic amines) is 1. The van der Waals surface area contributed by atoms with Crippen molar-refractivity contribution in [1.82, 2.24) is 4.90 Å². The van der Waals surface area contributed by atoms with Crippen LogP contribution in [-0.2, 0) is 14.3 Å². The van der Waals surface area contributed by atoms with E-state index in [1.54, 1.807) is 24.3 Å². The number of nitrogens with zero attached hydrogens (tertiary/aromatic N) is 1. The van der Waals surface area contributed by atoms with E-state index >= 15 is 0 Å². The molecule has 1 saturated heterocycles. The molecule has 146 valence electrons. The Morgan fingerprint density at radius 2 is 1.82 bits per heavy atom. The number of rotatable bonds is 5. The zero-order chi connectivity index (χ0) is 20.4. The Labute approximate surface area is 169 Å². The minimum Gasteiger partial charge on any atom is -0.507 e. The summed E-state index contributed by atoms with van der Waals surface area (Å²) in [5.41, 5.74) is 3.09. The van der Waals surface area contributed by atoms with E-state index in [1.807, 2.05) is 32.0 Å². The summed E-state index contributed by atoms with van der Waals surface area (Å²) in [6, 6.07) is 11.8. The number of aryl methyl sites for hydroxylation is 2. The Hall–Kier alpha value is -2.63. The summed E-state index contributed by atoms with van der Waals surface area (Å²) in [4.78, 5) is 27.0. The summed E-state index contributed by atoms with van der Waals surface area (Å²) >= 11 is 6.00. The molecule has 1 atom stereocenters. The second kappa shape index (κ2) is 8.17. The van der Waals surface area contributed by atoms with Gasteiger partial charge in [-0.15, -0.1) is 0 Å². The molecular formula is C22H22ClNO4. The quantitative estimate of drug-likeness (QED) is 0.468. The third kappa shape index (κ3) is 3.68. The van der Waals surface area contributed by atoms with E-state index in [4.69, 9.17) is 16.3 Å². The predicted octanol–water partition coefficient (Wildman–Crippen LogP) is 4.02. The van der Waals surface area contributed by atoms with Crippen LogP contribution < -0.4 is 0 Å². The fourth-order valence-electron chi connectivity index (χ4n) is 3.43. The molecule has 1 aliphatic rings. The number of hydrogen-bond acceptors (Lipinski definition) is 4. The molecule has 2 aromatic rings. The van der Waals surface area contributed by atoms with Crippen LogP contribution in [0.25, 0.3) is 5.76 Å². The van der Waals surface area contributed by atoms with Gasteiger partial charge in [-0.05, 0) is 43.2 Å². The van der Waals surface area contributed by atoms with Crippen LogP contribution in [0.4, 0.5) is 0 Å². The smallest absolute Gasteiger partial charge is 0.295 e. The highest BCUT2D eigenvalue weighted by Crippen LogP contribution is 2.40. The van der Waals surface area contributed by atoms with Crippen LogP contribution >= 0.6 is 11.6 Å². The first-order chi connectivity index (χ1) is 13.3. The number of methoxy groups -OCH3 is 1. The molecule has 0 saturated carbocycles. The zero-order valence-electron chi connectivity index (χ0n) is 16.0. The van der Waals surface area contributed by atoms with Crippen LogP contribution in [0.15, 0.2) is 48.0 Å². The molecule has 2 aromatic carbocycles. The first-order valence-corrected chi connectivity index (χ1v) is 9.33. The number of aliphatic hydroxyl groups is 1. The van der Waals surface area contributed by atoms with Crippen molar-refractivity contribution in [1.29, 1.82) is 0 Å². The number of carbonyl (C=O) groups is 2. The van der Waals surface area contributed by atoms with Gasteiger partial charge in [-0.1, -0.05) is 41.4 Å². The van der Waals surface area contributed by atoms with Gasteiger partial charge in [0.15, 0.2) is 0 Å². The lowest BCUT2D eigenvalue weighted by atomic mass is 9.93. The van der Waals surface area contributed by atoms with Gasteiger partial charge in [0.25, 0.3) is 11.7 Å². The lowest BCUT2D eigenvalue weighted by Crippen LogP contribution is -2.32. The molecule has 0 radical (unpaired) electrons. The van der Waals surface area contributed by atoms with Crippen LogP contribution in [0.2, 0.25) is 5.02 Å². The molecule has 6 heteroatoms. The minimum absolute atomic E-state index is 0.0807. The lowest BCUT2D eigenvalue weighted by molar-refractivity contribution is -0.140. The predicted molar refractivity (Wildman–Crippen MR) is 108 cm³/mol. The third-order valence-electron chi connectivity index (χ3n) is 4.91. The maximum Gasteiger partial charge on any atom is 0.295 e. The number of hydrogen-bond donors (Lipinski definition) is 1. The standard InChI is InChI=1S/C22H22ClNO4/c1-13-4-5-14(2)17(12-13)20(25)18-19(15-6-8-16(23)9-7-15)24(10-11-28-3)22(27)21(18)26/h4-9,12,19,25H,10-11H2,1-3H3. The van der Waals surface area contributed by atoms with Crippen LogP contribution in [-0.4, -0.2) is 42.0 Å². The normalized spacial score (nSPS) is 18.7. The Bertz CT molecular complexity index is 950. The van der Waals surface area contributed by atoms with E-state index in [0.29, 0.717) is 16.1 Å². The molecule has 28 heavy (non-hydrogen) atoms. The highest BCUT2D eigenvalue weighted by atomic mass is 35.5. The van der Waals surface area contributed by atoms with Gasteiger partial charge in [-0.2, -0.15) is 0 Å². The molecule has 1 fully saturated rings. The van der Waals surface area contributed by atoms with Gasteiger partial charge in [0.05, 0.1) is 18.2 Å². The molecule has 1 unspecified atom stereocenters. The number of halogens is 1. The second-order valence-electron chi connectivity index (χ2n) is 6.86. The number of amides is 1. The summed E-state index contributed by atoms with van der Waals surface area (Å²) in [6.45, 7) is 4.27. The van der Waals surface area contributed by atoms with Crippen molar-refractivity contribution in [3.8, 4) is 0 Å². The molecule has 1 N–H and O–H groups in total. The Kier molecular flexibility index (Phi) is 5.87. The fourth-order valence-corrected chi connectivity index (χ4v) is 3.55. The Balaban J connectivity index is 2.20. The third-order valence-corrected chi connectivity index (χ3v) is 5.16. The first-order valence-electron chi connectivity index (χ1n) is 8.95. The van der Waals surface area contributed by atoms with Crippen LogP contribution in [0.1, 0.15) is 28.3 Å². The average molecular weight is 400 g/mol. The van der Waals surface area contributed by atoms with E-state index < -0.39 is 17.7 Å². The zero-order valence-corrected chi connectivity index (χ0v) is 16.8. The fraction of sp³-hybridized carbons (Fsp3) is 0.273. The molecule has 5 nitrogen and oxygen atoms in total. The average Bonchev–Trinajstić information content (AvgIpc) is 2.93. The van der Waals surface area contributed by atoms with Crippen molar-refractivity contribution >= 4 is 29.1 Å². The number of ether oxygens (including phenoxy) is 1. The van der Waals surface area contributed by atoms with Gasteiger partial charge in [0, 0.05) is 24.2 Å². The summed E-state index contributed by atoms with van der Waals surface area (Å²) in [6.07, 6.45) is 0. The topological polar surface area (TPSA) is 66.8 Å². The van der Waals surface area contributed by atoms with Gasteiger partial charge < -0.3 is 14.7 Å². The molecule has 0 bridgehead atoms. The second-order valence-corrected chi connectivity index (χ2v) is 7.29. The van der Waals surface area contributed by atoms with E-state index in [0.717, 1.165) is 11.1 Å². The van der Waals surface area contributed by atoms with Gasteiger partial charge in [0.1, 0.15) is 5.76 Å². The molecule has 1 heterocycles. The van der Waals surface area contributed by atoms with Crippen molar-refractivity contribution in [2.45, 2.75) is 19.9 Å². The van der Waals surface area contributed by atoms with Gasteiger partial charge in [-0.3, -0.25) is 9.59 Å². The van der Waals surface area contributed by atoms with Crippen LogP contribution in [0.3, 0.4) is 0 Å². The summed E-state index contributed by atoms with van der Waals surface area (Å²) < 4.78 is 5.10.